The van der Waals surface area contributed by atoms with Gasteiger partial charge in [-0.05, 0) is 54.6 Å². The molecule has 6 heteroatoms. The van der Waals surface area contributed by atoms with Gasteiger partial charge in [-0.2, -0.15) is 5.10 Å². The highest BCUT2D eigenvalue weighted by atomic mass is 32.1. The zero-order valence-electron chi connectivity index (χ0n) is 15.2. The molecule has 28 heavy (non-hydrogen) atoms. The van der Waals surface area contributed by atoms with Gasteiger partial charge in [-0.15, -0.1) is 12.6 Å². The van der Waals surface area contributed by atoms with Crippen LogP contribution in [0.2, 0.25) is 0 Å². The van der Waals surface area contributed by atoms with E-state index in [0.717, 1.165) is 28.0 Å². The molecule has 0 aliphatic carbocycles. The van der Waals surface area contributed by atoms with Gasteiger partial charge in [0.2, 0.25) is 0 Å². The van der Waals surface area contributed by atoms with Gasteiger partial charge < -0.3 is 4.90 Å². The Bertz CT molecular complexity index is 1170. The molecule has 138 valence electrons. The Kier molecular flexibility index (Phi) is 4.95. The van der Waals surface area contributed by atoms with E-state index in [1.54, 1.807) is 24.2 Å². The number of anilines is 1. The molecule has 2 aromatic carbocycles. The van der Waals surface area contributed by atoms with E-state index in [0.29, 0.717) is 10.5 Å². The van der Waals surface area contributed by atoms with E-state index < -0.39 is 0 Å². The summed E-state index contributed by atoms with van der Waals surface area (Å²) in [5.41, 5.74) is 3.89. The van der Waals surface area contributed by atoms with Crippen LogP contribution in [0.3, 0.4) is 0 Å². The number of nitrogens with zero attached hydrogens (tertiary/aromatic N) is 3. The number of hydrogen-bond acceptors (Lipinski definition) is 4. The molecule has 0 atom stereocenters. The minimum atomic E-state index is -0.111. The van der Waals surface area contributed by atoms with Crippen LogP contribution in [0.15, 0.2) is 71.8 Å². The van der Waals surface area contributed by atoms with Crippen LogP contribution in [0.1, 0.15) is 21.7 Å². The van der Waals surface area contributed by atoms with E-state index in [1.165, 1.54) is 0 Å². The second-order valence-corrected chi connectivity index (χ2v) is 6.79. The van der Waals surface area contributed by atoms with Crippen LogP contribution in [0, 0.1) is 0 Å². The van der Waals surface area contributed by atoms with Crippen LogP contribution in [0.5, 0.6) is 0 Å². The molecule has 0 spiro atoms. The molecule has 0 bridgehead atoms. The highest BCUT2D eigenvalue weighted by Gasteiger charge is 2.16. The summed E-state index contributed by atoms with van der Waals surface area (Å²) in [5, 5.41) is 8.39. The number of thiol groups is 1. The summed E-state index contributed by atoms with van der Waals surface area (Å²) in [4.78, 5) is 19.3. The Balaban J connectivity index is 1.61. The summed E-state index contributed by atoms with van der Waals surface area (Å²) in [6.45, 7) is 0. The summed E-state index contributed by atoms with van der Waals surface area (Å²) in [5.74, 6) is -0.111. The summed E-state index contributed by atoms with van der Waals surface area (Å²) < 4.78 is 0. The Morgan fingerprint density at radius 2 is 1.89 bits per heavy atom. The number of pyridine rings is 1. The van der Waals surface area contributed by atoms with Crippen molar-refractivity contribution in [2.45, 2.75) is 4.90 Å². The lowest BCUT2D eigenvalue weighted by Gasteiger charge is -2.18. The smallest absolute Gasteiger partial charge is 0.259 e. The van der Waals surface area contributed by atoms with Gasteiger partial charge in [0, 0.05) is 29.2 Å². The van der Waals surface area contributed by atoms with Gasteiger partial charge in [0.1, 0.15) is 0 Å². The first kappa shape index (κ1) is 18.0. The van der Waals surface area contributed by atoms with Crippen molar-refractivity contribution < 1.29 is 4.79 Å². The van der Waals surface area contributed by atoms with Gasteiger partial charge in [-0.3, -0.25) is 14.9 Å². The normalized spacial score (nSPS) is 11.2. The number of carbonyl (C=O) groups is 1. The van der Waals surface area contributed by atoms with Gasteiger partial charge in [-0.1, -0.05) is 18.2 Å². The molecule has 4 aromatic rings. The number of rotatable bonds is 4. The monoisotopic (exact) mass is 386 g/mol. The van der Waals surface area contributed by atoms with E-state index in [2.05, 4.69) is 27.8 Å². The second-order valence-electron chi connectivity index (χ2n) is 6.31. The second kappa shape index (κ2) is 7.70. The summed E-state index contributed by atoms with van der Waals surface area (Å²) in [6, 6.07) is 18.8. The lowest BCUT2D eigenvalue weighted by atomic mass is 10.1. The van der Waals surface area contributed by atoms with Gasteiger partial charge in [0.05, 0.1) is 22.5 Å². The fourth-order valence-electron chi connectivity index (χ4n) is 2.96. The predicted octanol–water partition coefficient (Wildman–Crippen LogP) is 4.69. The van der Waals surface area contributed by atoms with E-state index >= 15 is 0 Å². The van der Waals surface area contributed by atoms with Gasteiger partial charge in [0.15, 0.2) is 0 Å². The van der Waals surface area contributed by atoms with Crippen LogP contribution in [-0.2, 0) is 0 Å². The number of nitrogens with one attached hydrogen (secondary N) is 1. The molecule has 0 saturated heterocycles. The van der Waals surface area contributed by atoms with Crippen molar-refractivity contribution in [2.75, 3.05) is 11.9 Å². The third-order valence-corrected chi connectivity index (χ3v) is 4.89. The van der Waals surface area contributed by atoms with E-state index in [9.17, 15) is 4.79 Å². The Labute approximate surface area is 168 Å². The van der Waals surface area contributed by atoms with E-state index in [1.807, 2.05) is 66.7 Å². The predicted molar refractivity (Wildman–Crippen MR) is 116 cm³/mol. The Morgan fingerprint density at radius 3 is 2.68 bits per heavy atom. The molecule has 4 rings (SSSR count). The summed E-state index contributed by atoms with van der Waals surface area (Å²) in [7, 11) is 1.75. The van der Waals surface area contributed by atoms with Crippen molar-refractivity contribution in [3.8, 4) is 0 Å². The highest BCUT2D eigenvalue weighted by molar-refractivity contribution is 7.80. The van der Waals surface area contributed by atoms with Crippen LogP contribution < -0.4 is 4.90 Å². The van der Waals surface area contributed by atoms with Crippen molar-refractivity contribution in [1.29, 1.82) is 0 Å². The number of aromatic nitrogens is 3. The number of hydrogen-bond donors (Lipinski definition) is 2. The molecule has 1 N–H and O–H groups in total. The van der Waals surface area contributed by atoms with Crippen molar-refractivity contribution >= 4 is 47.3 Å². The molecule has 0 aliphatic rings. The fraction of sp³-hybridized carbons (Fsp3) is 0.0455. The molecular weight excluding hydrogens is 368 g/mol. The number of amides is 1. The van der Waals surface area contributed by atoms with E-state index in [4.69, 9.17) is 0 Å². The third kappa shape index (κ3) is 3.54. The van der Waals surface area contributed by atoms with Crippen molar-refractivity contribution in [3.05, 3.63) is 83.8 Å². The number of fused-ring (bicyclic) bond motifs is 1. The van der Waals surface area contributed by atoms with Crippen LogP contribution in [0.4, 0.5) is 5.69 Å². The number of carbonyl (C=O) groups excluding carboxylic acids is 1. The molecule has 5 nitrogen and oxygen atoms in total. The maximum absolute atomic E-state index is 12.8. The van der Waals surface area contributed by atoms with Crippen LogP contribution in [0.25, 0.3) is 23.1 Å². The number of aromatic amines is 1. The molecule has 0 saturated carbocycles. The summed E-state index contributed by atoms with van der Waals surface area (Å²) in [6.07, 6.45) is 5.60. The van der Waals surface area contributed by atoms with E-state index in [-0.39, 0.29) is 5.91 Å². The number of benzene rings is 2. The first-order valence-electron chi connectivity index (χ1n) is 8.77. The summed E-state index contributed by atoms with van der Waals surface area (Å²) >= 11 is 4.38. The van der Waals surface area contributed by atoms with Gasteiger partial charge in [-0.25, -0.2) is 0 Å². The standard InChI is InChI=1S/C22H18N4OS/c1-26(22(27)18-7-2-3-8-21(18)28)16-10-11-17-19(24-25-20(17)14-16)12-9-15-6-4-5-13-23-15/h2-14,28H,1H3,(H,24,25)/b12-9+. The zero-order valence-corrected chi connectivity index (χ0v) is 16.1. The average Bonchev–Trinajstić information content (AvgIpc) is 3.14. The first-order chi connectivity index (χ1) is 13.6. The third-order valence-electron chi connectivity index (χ3n) is 4.50. The zero-order chi connectivity index (χ0) is 19.5. The van der Waals surface area contributed by atoms with Crippen LogP contribution in [-0.4, -0.2) is 28.1 Å². The maximum Gasteiger partial charge on any atom is 0.259 e. The van der Waals surface area contributed by atoms with Gasteiger partial charge >= 0.3 is 0 Å². The minimum absolute atomic E-state index is 0.111. The number of H-pyrrole nitrogens is 1. The molecule has 0 unspecified atom stereocenters. The molecule has 1 amide bonds. The first-order valence-corrected chi connectivity index (χ1v) is 9.21. The largest absolute Gasteiger partial charge is 0.311 e. The topological polar surface area (TPSA) is 61.9 Å². The molecule has 2 aromatic heterocycles. The Morgan fingerprint density at radius 1 is 1.07 bits per heavy atom. The van der Waals surface area contributed by atoms with Crippen LogP contribution >= 0.6 is 12.6 Å². The lowest BCUT2D eigenvalue weighted by Crippen LogP contribution is -2.26. The molecule has 2 heterocycles. The minimum Gasteiger partial charge on any atom is -0.311 e. The average molecular weight is 386 g/mol. The lowest BCUT2D eigenvalue weighted by molar-refractivity contribution is 0.0990. The van der Waals surface area contributed by atoms with Crippen molar-refractivity contribution in [2.24, 2.45) is 0 Å². The van der Waals surface area contributed by atoms with Crippen molar-refractivity contribution in [3.63, 3.8) is 0 Å². The Hall–Kier alpha value is -3.38. The molecular formula is C22H18N4OS. The van der Waals surface area contributed by atoms with Gasteiger partial charge in [0.25, 0.3) is 5.91 Å². The highest BCUT2D eigenvalue weighted by Crippen LogP contribution is 2.25. The molecule has 0 radical (unpaired) electrons. The SMILES string of the molecule is CN(C(=O)c1ccccc1S)c1ccc2c(/C=C/c3ccccn3)n[nH]c2c1. The maximum atomic E-state index is 12.8. The fourth-order valence-corrected chi connectivity index (χ4v) is 3.21. The van der Waals surface area contributed by atoms with Crippen molar-refractivity contribution in [1.82, 2.24) is 15.2 Å². The molecule has 0 aliphatic heterocycles. The molecule has 0 fully saturated rings. The quantitative estimate of drug-likeness (QED) is 0.500.